The van der Waals surface area contributed by atoms with Crippen molar-refractivity contribution in [2.45, 2.75) is 6.92 Å². The van der Waals surface area contributed by atoms with Gasteiger partial charge < -0.3 is 9.73 Å². The molecule has 154 valence electrons. The van der Waals surface area contributed by atoms with Gasteiger partial charge in [0.2, 0.25) is 5.89 Å². The number of carbonyl (C=O) groups is 1. The first kappa shape index (κ1) is 20.3. The quantitative estimate of drug-likeness (QED) is 0.301. The molecule has 0 bridgehead atoms. The van der Waals surface area contributed by atoms with Gasteiger partial charge in [0.15, 0.2) is 5.76 Å². The van der Waals surface area contributed by atoms with Crippen molar-refractivity contribution in [1.82, 2.24) is 4.98 Å². The zero-order chi connectivity index (χ0) is 22.0. The van der Waals surface area contributed by atoms with E-state index >= 15 is 0 Å². The Morgan fingerprint density at radius 1 is 1.06 bits per heavy atom. The molecule has 0 radical (unpaired) electrons. The second-order valence-corrected chi connectivity index (χ2v) is 7.18. The van der Waals surface area contributed by atoms with Crippen molar-refractivity contribution < 1.29 is 14.1 Å². The Labute approximate surface area is 182 Å². The fraction of sp³-hybridized carbons (Fsp3) is 0.0435. The molecule has 0 aliphatic heterocycles. The molecule has 0 saturated heterocycles. The molecule has 0 aliphatic rings. The predicted molar refractivity (Wildman–Crippen MR) is 118 cm³/mol. The largest absolute Gasteiger partial charge is 0.436 e. The molecule has 4 aromatic rings. The number of benzene rings is 3. The Bertz CT molecular complexity index is 1280. The Kier molecular flexibility index (Phi) is 5.51. The number of nitrogens with zero attached hydrogens (tertiary/aromatic N) is 2. The molecule has 7 nitrogen and oxygen atoms in total. The molecule has 0 spiro atoms. The summed E-state index contributed by atoms with van der Waals surface area (Å²) < 4.78 is 5.89. The van der Waals surface area contributed by atoms with Gasteiger partial charge in [-0.15, -0.1) is 0 Å². The third-order valence-corrected chi connectivity index (χ3v) is 5.04. The zero-order valence-corrected chi connectivity index (χ0v) is 17.1. The fourth-order valence-corrected chi connectivity index (χ4v) is 3.29. The Morgan fingerprint density at radius 3 is 2.55 bits per heavy atom. The van der Waals surface area contributed by atoms with Crippen molar-refractivity contribution in [1.29, 1.82) is 0 Å². The minimum absolute atomic E-state index is 0.0635. The highest BCUT2D eigenvalue weighted by atomic mass is 35.5. The van der Waals surface area contributed by atoms with Gasteiger partial charge in [-0.1, -0.05) is 29.8 Å². The molecule has 0 atom stereocenters. The third kappa shape index (κ3) is 4.17. The van der Waals surface area contributed by atoms with Crippen LogP contribution in [0.2, 0.25) is 5.02 Å². The second kappa shape index (κ2) is 8.41. The maximum absolute atomic E-state index is 13.0. The average Bonchev–Trinajstić information content (AvgIpc) is 3.25. The van der Waals surface area contributed by atoms with Gasteiger partial charge in [0, 0.05) is 22.2 Å². The topological polar surface area (TPSA) is 98.3 Å². The summed E-state index contributed by atoms with van der Waals surface area (Å²) in [5.41, 5.74) is 2.31. The molecule has 1 heterocycles. The molecule has 0 fully saturated rings. The first-order chi connectivity index (χ1) is 14.9. The molecule has 1 aromatic heterocycles. The van der Waals surface area contributed by atoms with Crippen LogP contribution in [0.4, 0.5) is 11.4 Å². The summed E-state index contributed by atoms with van der Waals surface area (Å²) in [6.07, 6.45) is 1.58. The summed E-state index contributed by atoms with van der Waals surface area (Å²) in [5, 5.41) is 14.5. The Balaban J connectivity index is 1.65. The van der Waals surface area contributed by atoms with Crippen molar-refractivity contribution in [3.63, 3.8) is 0 Å². The lowest BCUT2D eigenvalue weighted by atomic mass is 10.1. The number of hydrogen-bond donors (Lipinski definition) is 1. The number of amides is 1. The van der Waals surface area contributed by atoms with Gasteiger partial charge in [-0.3, -0.25) is 14.9 Å². The highest BCUT2D eigenvalue weighted by Crippen LogP contribution is 2.30. The number of oxazole rings is 1. The van der Waals surface area contributed by atoms with Crippen molar-refractivity contribution in [2.75, 3.05) is 5.32 Å². The van der Waals surface area contributed by atoms with E-state index in [4.69, 9.17) is 16.0 Å². The summed E-state index contributed by atoms with van der Waals surface area (Å²) in [6, 6.07) is 18.5. The molecule has 0 aliphatic carbocycles. The lowest BCUT2D eigenvalue weighted by molar-refractivity contribution is -0.385. The lowest BCUT2D eigenvalue weighted by Gasteiger charge is -2.10. The summed E-state index contributed by atoms with van der Waals surface area (Å²) in [4.78, 5) is 28.0. The maximum atomic E-state index is 13.0. The Hall–Kier alpha value is -3.97. The van der Waals surface area contributed by atoms with Crippen LogP contribution in [0.5, 0.6) is 0 Å². The van der Waals surface area contributed by atoms with Crippen LogP contribution in [0.3, 0.4) is 0 Å². The minimum atomic E-state index is -0.482. The number of carbonyl (C=O) groups excluding carboxylic acids is 1. The number of aromatic nitrogens is 1. The van der Waals surface area contributed by atoms with Crippen LogP contribution >= 0.6 is 11.6 Å². The molecule has 3 aromatic carbocycles. The van der Waals surface area contributed by atoms with E-state index < -0.39 is 10.8 Å². The van der Waals surface area contributed by atoms with Crippen LogP contribution in [-0.4, -0.2) is 15.8 Å². The molecule has 8 heteroatoms. The molecule has 4 rings (SSSR count). The smallest absolute Gasteiger partial charge is 0.274 e. The molecule has 0 saturated carbocycles. The predicted octanol–water partition coefficient (Wildman–Crippen LogP) is 6.13. The van der Waals surface area contributed by atoms with E-state index in [1.54, 1.807) is 55.6 Å². The molecule has 1 amide bonds. The third-order valence-electron chi connectivity index (χ3n) is 4.79. The molecule has 1 N–H and O–H groups in total. The van der Waals surface area contributed by atoms with Gasteiger partial charge in [-0.05, 0) is 49.4 Å². The van der Waals surface area contributed by atoms with Gasteiger partial charge in [0.25, 0.3) is 11.6 Å². The summed E-state index contributed by atoms with van der Waals surface area (Å²) in [5.74, 6) is 0.397. The second-order valence-electron chi connectivity index (χ2n) is 6.74. The number of halogens is 1. The normalized spacial score (nSPS) is 10.6. The van der Waals surface area contributed by atoms with E-state index in [1.165, 1.54) is 12.1 Å². The molecule has 0 unspecified atom stereocenters. The summed E-state index contributed by atoms with van der Waals surface area (Å²) in [6.45, 7) is 1.59. The standard InChI is InChI=1S/C23H16ClN3O4/c1-14-19(7-4-8-20(14)27(29)30)26-22(28)17-5-2-3-6-18(17)23-25-13-21(31-23)15-9-11-16(24)12-10-15/h2-13H,1H3,(H,26,28). The van der Waals surface area contributed by atoms with Crippen molar-refractivity contribution in [2.24, 2.45) is 0 Å². The van der Waals surface area contributed by atoms with Crippen molar-refractivity contribution in [3.05, 3.63) is 99.2 Å². The van der Waals surface area contributed by atoms with Crippen LogP contribution in [0.15, 0.2) is 77.3 Å². The van der Waals surface area contributed by atoms with Crippen LogP contribution < -0.4 is 5.32 Å². The van der Waals surface area contributed by atoms with E-state index in [9.17, 15) is 14.9 Å². The number of rotatable bonds is 5. The van der Waals surface area contributed by atoms with E-state index in [0.29, 0.717) is 33.2 Å². The van der Waals surface area contributed by atoms with Crippen LogP contribution in [0.1, 0.15) is 15.9 Å². The monoisotopic (exact) mass is 433 g/mol. The van der Waals surface area contributed by atoms with Gasteiger partial charge in [0.05, 0.1) is 27.9 Å². The minimum Gasteiger partial charge on any atom is -0.436 e. The number of nitro groups is 1. The lowest BCUT2D eigenvalue weighted by Crippen LogP contribution is -2.14. The highest BCUT2D eigenvalue weighted by Gasteiger charge is 2.19. The molecular weight excluding hydrogens is 418 g/mol. The maximum Gasteiger partial charge on any atom is 0.274 e. The van der Waals surface area contributed by atoms with Crippen LogP contribution in [0, 0.1) is 17.0 Å². The number of anilines is 1. The van der Waals surface area contributed by atoms with Gasteiger partial charge in [-0.25, -0.2) is 4.98 Å². The Morgan fingerprint density at radius 2 is 1.81 bits per heavy atom. The first-order valence-electron chi connectivity index (χ1n) is 9.30. The van der Waals surface area contributed by atoms with Gasteiger partial charge in [0.1, 0.15) is 0 Å². The highest BCUT2D eigenvalue weighted by molar-refractivity contribution is 6.30. The summed E-state index contributed by atoms with van der Waals surface area (Å²) in [7, 11) is 0. The van der Waals surface area contributed by atoms with Crippen LogP contribution in [-0.2, 0) is 0 Å². The number of nitro benzene ring substituents is 1. The van der Waals surface area contributed by atoms with Crippen molar-refractivity contribution in [3.8, 4) is 22.8 Å². The van der Waals surface area contributed by atoms with E-state index in [0.717, 1.165) is 5.56 Å². The SMILES string of the molecule is Cc1c(NC(=O)c2ccccc2-c2ncc(-c3ccc(Cl)cc3)o2)cccc1[N+](=O)[O-]. The molecule has 31 heavy (non-hydrogen) atoms. The van der Waals surface area contributed by atoms with E-state index in [2.05, 4.69) is 10.3 Å². The van der Waals surface area contributed by atoms with Crippen LogP contribution in [0.25, 0.3) is 22.8 Å². The average molecular weight is 434 g/mol. The number of hydrogen-bond acceptors (Lipinski definition) is 5. The van der Waals surface area contributed by atoms with E-state index in [1.807, 2.05) is 12.1 Å². The van der Waals surface area contributed by atoms with E-state index in [-0.39, 0.29) is 11.6 Å². The fourth-order valence-electron chi connectivity index (χ4n) is 3.16. The summed E-state index contributed by atoms with van der Waals surface area (Å²) >= 11 is 5.93. The van der Waals surface area contributed by atoms with Gasteiger partial charge in [-0.2, -0.15) is 0 Å². The number of nitrogens with one attached hydrogen (secondary N) is 1. The van der Waals surface area contributed by atoms with Gasteiger partial charge >= 0.3 is 0 Å². The zero-order valence-electron chi connectivity index (χ0n) is 16.3. The molecular formula is C23H16ClN3O4. The first-order valence-corrected chi connectivity index (χ1v) is 9.68. The van der Waals surface area contributed by atoms with Crippen molar-refractivity contribution >= 4 is 28.9 Å².